The monoisotopic (exact) mass is 170 g/mol. The SMILES string of the molecule is [C-]1=CC=CC1.[CH3-].[Zr+2]. The minimum absolute atomic E-state index is 0. The zero-order valence-corrected chi connectivity index (χ0v) is 6.90. The molecule has 0 saturated carbocycles. The number of rotatable bonds is 0. The molecule has 0 nitrogen and oxygen atoms in total. The van der Waals surface area contributed by atoms with Crippen molar-refractivity contribution in [2.75, 3.05) is 0 Å². The molecule has 7 heavy (non-hydrogen) atoms. The molecule has 0 aromatic carbocycles. The Morgan fingerprint density at radius 2 is 2.14 bits per heavy atom. The number of hydrogen-bond acceptors (Lipinski definition) is 0. The summed E-state index contributed by atoms with van der Waals surface area (Å²) in [5.41, 5.74) is 0. The summed E-state index contributed by atoms with van der Waals surface area (Å²) < 4.78 is 0. The molecule has 0 saturated heterocycles. The molecule has 0 unspecified atom stereocenters. The maximum absolute atomic E-state index is 2.99. The Hall–Kier alpha value is 0.363. The van der Waals surface area contributed by atoms with E-state index in [4.69, 9.17) is 0 Å². The summed E-state index contributed by atoms with van der Waals surface area (Å²) >= 11 is 0. The van der Waals surface area contributed by atoms with Gasteiger partial charge in [-0.05, 0) is 0 Å². The van der Waals surface area contributed by atoms with Crippen LogP contribution in [0.25, 0.3) is 0 Å². The molecule has 0 N–H and O–H groups in total. The van der Waals surface area contributed by atoms with Gasteiger partial charge in [-0.3, -0.25) is 6.08 Å². The van der Waals surface area contributed by atoms with Crippen molar-refractivity contribution in [3.8, 4) is 0 Å². The van der Waals surface area contributed by atoms with Crippen LogP contribution in [0.1, 0.15) is 6.42 Å². The molecule has 1 rings (SSSR count). The first kappa shape index (κ1) is 10.4. The van der Waals surface area contributed by atoms with Gasteiger partial charge in [-0.1, -0.05) is 0 Å². The van der Waals surface area contributed by atoms with Gasteiger partial charge in [0.25, 0.3) is 0 Å². The zero-order valence-electron chi connectivity index (χ0n) is 4.44. The first-order valence-corrected chi connectivity index (χ1v) is 1.72. The molecule has 0 aliphatic heterocycles. The van der Waals surface area contributed by atoms with Crippen LogP contribution in [0.2, 0.25) is 0 Å². The van der Waals surface area contributed by atoms with Gasteiger partial charge in [-0.15, -0.1) is 6.42 Å². The summed E-state index contributed by atoms with van der Waals surface area (Å²) in [6, 6.07) is 0. The second kappa shape index (κ2) is 6.36. The van der Waals surface area contributed by atoms with Gasteiger partial charge in [-0.25, -0.2) is 12.2 Å². The van der Waals surface area contributed by atoms with Crippen LogP contribution in [0.15, 0.2) is 18.2 Å². The zero-order chi connectivity index (χ0) is 3.54. The quantitative estimate of drug-likeness (QED) is 0.487. The van der Waals surface area contributed by atoms with E-state index in [1.165, 1.54) is 0 Å². The molecule has 1 aliphatic rings. The van der Waals surface area contributed by atoms with Crippen molar-refractivity contribution in [1.29, 1.82) is 0 Å². The average Bonchev–Trinajstić information content (AvgIpc) is 1.76. The fraction of sp³-hybridized carbons (Fsp3) is 0.167. The molecule has 0 aromatic heterocycles. The predicted molar refractivity (Wildman–Crippen MR) is 28.0 cm³/mol. The van der Waals surface area contributed by atoms with Crippen LogP contribution in [0, 0.1) is 13.5 Å². The third-order valence-electron chi connectivity index (χ3n) is 0.586. The fourth-order valence-corrected chi connectivity index (χ4v) is 0.340. The van der Waals surface area contributed by atoms with Crippen LogP contribution in [0.5, 0.6) is 0 Å². The van der Waals surface area contributed by atoms with Gasteiger partial charge in [0.1, 0.15) is 0 Å². The Kier molecular flexibility index (Phi) is 9.42. The molecule has 36 valence electrons. The molecule has 1 aliphatic carbocycles. The van der Waals surface area contributed by atoms with Crippen LogP contribution < -0.4 is 0 Å². The van der Waals surface area contributed by atoms with E-state index in [2.05, 4.69) is 12.2 Å². The van der Waals surface area contributed by atoms with E-state index < -0.39 is 0 Å². The normalized spacial score (nSPS) is 12.6. The summed E-state index contributed by atoms with van der Waals surface area (Å²) in [4.78, 5) is 0. The number of allylic oxidation sites excluding steroid dienone is 4. The Labute approximate surface area is 64.4 Å². The minimum atomic E-state index is 0. The molecule has 1 heteroatoms. The Morgan fingerprint density at radius 1 is 1.43 bits per heavy atom. The molecule has 0 amide bonds. The summed E-state index contributed by atoms with van der Waals surface area (Å²) in [6.45, 7) is 0. The Morgan fingerprint density at radius 3 is 2.29 bits per heavy atom. The fourth-order valence-electron chi connectivity index (χ4n) is 0.340. The summed E-state index contributed by atoms with van der Waals surface area (Å²) in [6.07, 6.45) is 10.0. The Balaban J connectivity index is 0. The first-order valence-electron chi connectivity index (χ1n) is 1.72. The van der Waals surface area contributed by atoms with E-state index in [0.717, 1.165) is 6.42 Å². The van der Waals surface area contributed by atoms with Crippen LogP contribution in [0.3, 0.4) is 0 Å². The standard InChI is InChI=1S/C5H5.CH3.Zr/c1-2-4-5-3-1;;/h1-3H,4H2;1H3;/q2*-1;+2. The van der Waals surface area contributed by atoms with Gasteiger partial charge in [0, 0.05) is 0 Å². The Bertz CT molecular complexity index is 62.2. The van der Waals surface area contributed by atoms with Crippen molar-refractivity contribution >= 4 is 0 Å². The van der Waals surface area contributed by atoms with Gasteiger partial charge < -0.3 is 7.43 Å². The van der Waals surface area contributed by atoms with Crippen LogP contribution in [-0.4, -0.2) is 0 Å². The van der Waals surface area contributed by atoms with Crippen molar-refractivity contribution in [1.82, 2.24) is 0 Å². The molecule has 0 bridgehead atoms. The van der Waals surface area contributed by atoms with Crippen molar-refractivity contribution in [2.45, 2.75) is 6.42 Å². The molecule has 0 spiro atoms. The second-order valence-corrected chi connectivity index (χ2v) is 1.00. The van der Waals surface area contributed by atoms with Crippen molar-refractivity contribution in [2.24, 2.45) is 0 Å². The molecule has 0 atom stereocenters. The van der Waals surface area contributed by atoms with E-state index in [1.54, 1.807) is 0 Å². The summed E-state index contributed by atoms with van der Waals surface area (Å²) in [5.74, 6) is 0. The smallest absolute Gasteiger partial charge is 0.358 e. The summed E-state index contributed by atoms with van der Waals surface area (Å²) in [7, 11) is 0. The van der Waals surface area contributed by atoms with Crippen molar-refractivity contribution in [3.05, 3.63) is 31.7 Å². The van der Waals surface area contributed by atoms with E-state index in [-0.39, 0.29) is 33.6 Å². The van der Waals surface area contributed by atoms with Crippen LogP contribution >= 0.6 is 0 Å². The molecule has 0 heterocycles. The maximum atomic E-state index is 2.99. The van der Waals surface area contributed by atoms with E-state index >= 15 is 0 Å². The van der Waals surface area contributed by atoms with E-state index in [1.807, 2.05) is 12.2 Å². The van der Waals surface area contributed by atoms with Crippen LogP contribution in [0.4, 0.5) is 0 Å². The van der Waals surface area contributed by atoms with E-state index in [0.29, 0.717) is 0 Å². The van der Waals surface area contributed by atoms with Gasteiger partial charge in [0.05, 0.1) is 0 Å². The molecular formula is C6H8Zr. The van der Waals surface area contributed by atoms with Crippen LogP contribution in [-0.2, 0) is 26.2 Å². The molecule has 0 radical (unpaired) electrons. The first-order chi connectivity index (χ1) is 2.50. The van der Waals surface area contributed by atoms with Crippen molar-refractivity contribution in [3.63, 3.8) is 0 Å². The maximum Gasteiger partial charge on any atom is 2.00 e. The molecule has 0 fully saturated rings. The van der Waals surface area contributed by atoms with Gasteiger partial charge in [0.15, 0.2) is 0 Å². The van der Waals surface area contributed by atoms with Gasteiger partial charge >= 0.3 is 26.2 Å². The average molecular weight is 171 g/mol. The van der Waals surface area contributed by atoms with E-state index in [9.17, 15) is 0 Å². The third kappa shape index (κ3) is 4.21. The topological polar surface area (TPSA) is 0 Å². The van der Waals surface area contributed by atoms with Gasteiger partial charge in [0.2, 0.25) is 0 Å². The second-order valence-electron chi connectivity index (χ2n) is 1.00. The predicted octanol–water partition coefficient (Wildman–Crippen LogP) is 1.75. The largest absolute Gasteiger partial charge is 2.00 e. The minimum Gasteiger partial charge on any atom is -0.358 e. The molecule has 0 aromatic rings. The summed E-state index contributed by atoms with van der Waals surface area (Å²) in [5, 5.41) is 0. The number of hydrogen-bond donors (Lipinski definition) is 0. The van der Waals surface area contributed by atoms with Gasteiger partial charge in [-0.2, -0.15) is 6.08 Å². The molecular weight excluding hydrogens is 163 g/mol. The van der Waals surface area contributed by atoms with Crippen molar-refractivity contribution < 1.29 is 26.2 Å². The third-order valence-corrected chi connectivity index (χ3v) is 0.586.